The Balaban J connectivity index is 2.00. The second-order valence-corrected chi connectivity index (χ2v) is 4.24. The van der Waals surface area contributed by atoms with Gasteiger partial charge in [0.2, 0.25) is 0 Å². The fourth-order valence-electron chi connectivity index (χ4n) is 1.59. The lowest BCUT2D eigenvalue weighted by Crippen LogP contribution is -2.10. The summed E-state index contributed by atoms with van der Waals surface area (Å²) in [5.41, 5.74) is 1.53. The van der Waals surface area contributed by atoms with Crippen LogP contribution in [0.2, 0.25) is 0 Å². The lowest BCUT2D eigenvalue weighted by atomic mass is 10.2. The first-order valence-corrected chi connectivity index (χ1v) is 5.77. The summed E-state index contributed by atoms with van der Waals surface area (Å²) in [7, 11) is 3.88. The smallest absolute Gasteiger partial charge is 0.128 e. The first-order valence-electron chi connectivity index (χ1n) is 5.77. The SMILES string of the molecule is CN(C)c1ccc(NCc2ccccc2F)cn1. The van der Waals surface area contributed by atoms with Gasteiger partial charge in [-0.1, -0.05) is 18.2 Å². The molecule has 1 N–H and O–H groups in total. The van der Waals surface area contributed by atoms with Crippen molar-refractivity contribution < 1.29 is 4.39 Å². The number of pyridine rings is 1. The van der Waals surface area contributed by atoms with Crippen LogP contribution in [0.5, 0.6) is 0 Å². The van der Waals surface area contributed by atoms with Gasteiger partial charge in [-0.3, -0.25) is 0 Å². The van der Waals surface area contributed by atoms with Gasteiger partial charge in [0.05, 0.1) is 11.9 Å². The Morgan fingerprint density at radius 3 is 2.56 bits per heavy atom. The van der Waals surface area contributed by atoms with Crippen LogP contribution in [0.25, 0.3) is 0 Å². The Bertz CT molecular complexity index is 509. The standard InChI is InChI=1S/C14H16FN3/c1-18(2)14-8-7-12(10-17-14)16-9-11-5-3-4-6-13(11)15/h3-8,10,16H,9H2,1-2H3. The largest absolute Gasteiger partial charge is 0.380 e. The van der Waals surface area contributed by atoms with Crippen molar-refractivity contribution in [2.24, 2.45) is 0 Å². The Hall–Kier alpha value is -2.10. The van der Waals surface area contributed by atoms with Crippen LogP contribution >= 0.6 is 0 Å². The van der Waals surface area contributed by atoms with Gasteiger partial charge in [-0.2, -0.15) is 0 Å². The van der Waals surface area contributed by atoms with E-state index < -0.39 is 0 Å². The van der Waals surface area contributed by atoms with E-state index in [-0.39, 0.29) is 5.82 Å². The molecule has 0 fully saturated rings. The van der Waals surface area contributed by atoms with Gasteiger partial charge in [-0.05, 0) is 18.2 Å². The van der Waals surface area contributed by atoms with E-state index in [1.165, 1.54) is 6.07 Å². The number of hydrogen-bond acceptors (Lipinski definition) is 3. The van der Waals surface area contributed by atoms with Crippen molar-refractivity contribution in [2.75, 3.05) is 24.3 Å². The molecule has 1 aromatic carbocycles. The van der Waals surface area contributed by atoms with Gasteiger partial charge in [-0.25, -0.2) is 9.37 Å². The molecule has 1 heterocycles. The summed E-state index contributed by atoms with van der Waals surface area (Å²) in [6.45, 7) is 0.454. The van der Waals surface area contributed by atoms with Crippen LogP contribution < -0.4 is 10.2 Å². The van der Waals surface area contributed by atoms with Crippen molar-refractivity contribution in [2.45, 2.75) is 6.54 Å². The Morgan fingerprint density at radius 2 is 1.94 bits per heavy atom. The minimum absolute atomic E-state index is 0.192. The molecular weight excluding hydrogens is 229 g/mol. The molecule has 1 aromatic heterocycles. The predicted molar refractivity (Wildman–Crippen MR) is 72.3 cm³/mol. The van der Waals surface area contributed by atoms with Crippen LogP contribution in [0.4, 0.5) is 15.9 Å². The normalized spacial score (nSPS) is 10.2. The van der Waals surface area contributed by atoms with E-state index in [0.29, 0.717) is 12.1 Å². The van der Waals surface area contributed by atoms with Crippen LogP contribution in [0, 0.1) is 5.82 Å². The molecule has 3 nitrogen and oxygen atoms in total. The quantitative estimate of drug-likeness (QED) is 0.897. The zero-order valence-electron chi connectivity index (χ0n) is 10.5. The minimum Gasteiger partial charge on any atom is -0.380 e. The molecule has 0 radical (unpaired) electrons. The topological polar surface area (TPSA) is 28.2 Å². The average molecular weight is 245 g/mol. The fourth-order valence-corrected chi connectivity index (χ4v) is 1.59. The number of rotatable bonds is 4. The molecule has 0 atom stereocenters. The second kappa shape index (κ2) is 5.49. The average Bonchev–Trinajstić information content (AvgIpc) is 2.38. The molecule has 0 unspecified atom stereocenters. The molecule has 0 aliphatic heterocycles. The lowest BCUT2D eigenvalue weighted by molar-refractivity contribution is 0.613. The van der Waals surface area contributed by atoms with E-state index in [9.17, 15) is 4.39 Å². The summed E-state index contributed by atoms with van der Waals surface area (Å²) in [6.07, 6.45) is 1.75. The van der Waals surface area contributed by atoms with Crippen LogP contribution in [0.15, 0.2) is 42.6 Å². The highest BCUT2D eigenvalue weighted by molar-refractivity contribution is 5.48. The minimum atomic E-state index is -0.192. The van der Waals surface area contributed by atoms with E-state index in [0.717, 1.165) is 11.5 Å². The van der Waals surface area contributed by atoms with E-state index in [4.69, 9.17) is 0 Å². The molecule has 0 saturated heterocycles. The first kappa shape index (κ1) is 12.4. The highest BCUT2D eigenvalue weighted by Crippen LogP contribution is 2.14. The maximum Gasteiger partial charge on any atom is 0.128 e. The van der Waals surface area contributed by atoms with E-state index in [2.05, 4.69) is 10.3 Å². The van der Waals surface area contributed by atoms with Gasteiger partial charge in [0.25, 0.3) is 0 Å². The number of halogens is 1. The highest BCUT2D eigenvalue weighted by Gasteiger charge is 2.01. The molecule has 0 amide bonds. The molecule has 2 aromatic rings. The summed E-state index contributed by atoms with van der Waals surface area (Å²) in [4.78, 5) is 6.21. The van der Waals surface area contributed by atoms with Crippen molar-refractivity contribution in [1.29, 1.82) is 0 Å². The molecule has 0 bridgehead atoms. The summed E-state index contributed by atoms with van der Waals surface area (Å²) in [6, 6.07) is 10.6. The molecule has 0 saturated carbocycles. The van der Waals surface area contributed by atoms with Crippen molar-refractivity contribution in [1.82, 2.24) is 4.98 Å². The number of nitrogens with one attached hydrogen (secondary N) is 1. The summed E-state index contributed by atoms with van der Waals surface area (Å²) in [5.74, 6) is 0.703. The van der Waals surface area contributed by atoms with Crippen molar-refractivity contribution in [3.8, 4) is 0 Å². The van der Waals surface area contributed by atoms with Crippen molar-refractivity contribution in [3.63, 3.8) is 0 Å². The molecule has 0 aliphatic rings. The van der Waals surface area contributed by atoms with E-state index in [1.807, 2.05) is 37.2 Å². The third-order valence-corrected chi connectivity index (χ3v) is 2.65. The van der Waals surface area contributed by atoms with Gasteiger partial charge in [0.1, 0.15) is 11.6 Å². The van der Waals surface area contributed by atoms with Crippen LogP contribution in [0.1, 0.15) is 5.56 Å². The maximum atomic E-state index is 13.4. The number of hydrogen-bond donors (Lipinski definition) is 1. The number of aromatic nitrogens is 1. The predicted octanol–water partition coefficient (Wildman–Crippen LogP) is 2.90. The van der Waals surface area contributed by atoms with Gasteiger partial charge in [0, 0.05) is 26.2 Å². The van der Waals surface area contributed by atoms with Crippen molar-refractivity contribution >= 4 is 11.5 Å². The van der Waals surface area contributed by atoms with Gasteiger partial charge in [-0.15, -0.1) is 0 Å². The maximum absolute atomic E-state index is 13.4. The van der Waals surface area contributed by atoms with Crippen LogP contribution in [0.3, 0.4) is 0 Å². The monoisotopic (exact) mass is 245 g/mol. The fraction of sp³-hybridized carbons (Fsp3) is 0.214. The van der Waals surface area contributed by atoms with Crippen molar-refractivity contribution in [3.05, 3.63) is 54.0 Å². The Kier molecular flexibility index (Phi) is 3.77. The Morgan fingerprint density at radius 1 is 1.17 bits per heavy atom. The molecule has 94 valence electrons. The number of benzene rings is 1. The van der Waals surface area contributed by atoms with E-state index in [1.54, 1.807) is 18.3 Å². The van der Waals surface area contributed by atoms with Gasteiger partial charge >= 0.3 is 0 Å². The molecule has 18 heavy (non-hydrogen) atoms. The summed E-state index contributed by atoms with van der Waals surface area (Å²) in [5, 5.41) is 3.15. The lowest BCUT2D eigenvalue weighted by Gasteiger charge is -2.12. The van der Waals surface area contributed by atoms with Crippen LogP contribution in [-0.4, -0.2) is 19.1 Å². The highest BCUT2D eigenvalue weighted by atomic mass is 19.1. The molecular formula is C14H16FN3. The Labute approximate surface area is 106 Å². The van der Waals surface area contributed by atoms with E-state index >= 15 is 0 Å². The van der Waals surface area contributed by atoms with Gasteiger partial charge in [0.15, 0.2) is 0 Å². The molecule has 2 rings (SSSR count). The summed E-state index contributed by atoms with van der Waals surface area (Å²) >= 11 is 0. The zero-order valence-corrected chi connectivity index (χ0v) is 10.5. The number of anilines is 2. The molecule has 4 heteroatoms. The molecule has 0 aliphatic carbocycles. The van der Waals surface area contributed by atoms with Gasteiger partial charge < -0.3 is 10.2 Å². The first-order chi connectivity index (χ1) is 8.66. The third-order valence-electron chi connectivity index (χ3n) is 2.65. The third kappa shape index (κ3) is 2.97. The summed E-state index contributed by atoms with van der Waals surface area (Å²) < 4.78 is 13.4. The molecule has 0 spiro atoms. The second-order valence-electron chi connectivity index (χ2n) is 4.24. The zero-order chi connectivity index (χ0) is 13.0. The number of nitrogens with zero attached hydrogens (tertiary/aromatic N) is 2. The van der Waals surface area contributed by atoms with Crippen LogP contribution in [-0.2, 0) is 6.54 Å².